The molecular weight excluding hydrogens is 208 g/mol. The van der Waals surface area contributed by atoms with E-state index in [4.69, 9.17) is 0 Å². The molecule has 2 rings (SSSR count). The summed E-state index contributed by atoms with van der Waals surface area (Å²) in [5.41, 5.74) is 4.11. The fourth-order valence-corrected chi connectivity index (χ4v) is 2.70. The van der Waals surface area contributed by atoms with Crippen molar-refractivity contribution in [3.05, 3.63) is 29.3 Å². The minimum Gasteiger partial charge on any atom is -0.374 e. The second kappa shape index (κ2) is 5.54. The normalized spacial score (nSPS) is 20.3. The summed E-state index contributed by atoms with van der Waals surface area (Å²) in [6.07, 6.45) is 2.69. The molecule has 1 aliphatic heterocycles. The molecule has 0 radical (unpaired) electrons. The van der Waals surface area contributed by atoms with Crippen LogP contribution in [0.25, 0.3) is 0 Å². The van der Waals surface area contributed by atoms with Crippen molar-refractivity contribution in [3.63, 3.8) is 0 Å². The summed E-state index contributed by atoms with van der Waals surface area (Å²) in [4.78, 5) is 2.42. The van der Waals surface area contributed by atoms with Crippen LogP contribution in [0, 0.1) is 19.8 Å². The van der Waals surface area contributed by atoms with Gasteiger partial charge >= 0.3 is 0 Å². The highest BCUT2D eigenvalue weighted by atomic mass is 15.1. The zero-order valence-electron chi connectivity index (χ0n) is 11.3. The fourth-order valence-electron chi connectivity index (χ4n) is 2.70. The molecule has 0 spiro atoms. The maximum atomic E-state index is 3.49. The van der Waals surface area contributed by atoms with Gasteiger partial charge in [-0.3, -0.25) is 0 Å². The minimum absolute atomic E-state index is 0.800. The SMILES string of the molecule is Cc1ccc(C)c(N(C)CC2CCCNC2)c1. The van der Waals surface area contributed by atoms with Crippen LogP contribution >= 0.6 is 0 Å². The van der Waals surface area contributed by atoms with E-state index in [0.29, 0.717) is 0 Å². The van der Waals surface area contributed by atoms with Crippen molar-refractivity contribution >= 4 is 5.69 Å². The Kier molecular flexibility index (Phi) is 4.06. The Hall–Kier alpha value is -1.02. The summed E-state index contributed by atoms with van der Waals surface area (Å²) in [6.45, 7) is 7.90. The largest absolute Gasteiger partial charge is 0.374 e. The summed E-state index contributed by atoms with van der Waals surface area (Å²) < 4.78 is 0. The van der Waals surface area contributed by atoms with Crippen LogP contribution in [0.2, 0.25) is 0 Å². The van der Waals surface area contributed by atoms with E-state index in [1.165, 1.54) is 42.7 Å². The van der Waals surface area contributed by atoms with Crippen molar-refractivity contribution in [1.29, 1.82) is 0 Å². The average molecular weight is 232 g/mol. The molecular formula is C15H24N2. The van der Waals surface area contributed by atoms with Gasteiger partial charge in [-0.15, -0.1) is 0 Å². The number of hydrogen-bond acceptors (Lipinski definition) is 2. The highest BCUT2D eigenvalue weighted by Crippen LogP contribution is 2.22. The van der Waals surface area contributed by atoms with Crippen LogP contribution in [0.1, 0.15) is 24.0 Å². The van der Waals surface area contributed by atoms with E-state index in [2.05, 4.69) is 49.3 Å². The third-order valence-electron chi connectivity index (χ3n) is 3.71. The molecule has 17 heavy (non-hydrogen) atoms. The van der Waals surface area contributed by atoms with Crippen molar-refractivity contribution in [2.45, 2.75) is 26.7 Å². The van der Waals surface area contributed by atoms with Crippen molar-refractivity contribution in [2.24, 2.45) is 5.92 Å². The molecule has 0 saturated carbocycles. The van der Waals surface area contributed by atoms with Gasteiger partial charge in [0, 0.05) is 19.3 Å². The topological polar surface area (TPSA) is 15.3 Å². The Morgan fingerprint density at radius 2 is 2.18 bits per heavy atom. The third kappa shape index (κ3) is 3.22. The number of hydrogen-bond donors (Lipinski definition) is 1. The third-order valence-corrected chi connectivity index (χ3v) is 3.71. The Morgan fingerprint density at radius 1 is 1.35 bits per heavy atom. The molecule has 0 bridgehead atoms. The zero-order valence-corrected chi connectivity index (χ0v) is 11.3. The van der Waals surface area contributed by atoms with E-state index in [-0.39, 0.29) is 0 Å². The van der Waals surface area contributed by atoms with E-state index >= 15 is 0 Å². The smallest absolute Gasteiger partial charge is 0.0396 e. The van der Waals surface area contributed by atoms with Crippen LogP contribution in [0.3, 0.4) is 0 Å². The lowest BCUT2D eigenvalue weighted by Gasteiger charge is -2.30. The van der Waals surface area contributed by atoms with Crippen LogP contribution in [-0.2, 0) is 0 Å². The molecule has 0 amide bonds. The summed E-state index contributed by atoms with van der Waals surface area (Å²) in [7, 11) is 2.22. The first-order chi connectivity index (χ1) is 8.16. The standard InChI is InChI=1S/C15H24N2/c1-12-6-7-13(2)15(9-12)17(3)11-14-5-4-8-16-10-14/h6-7,9,14,16H,4-5,8,10-11H2,1-3H3. The van der Waals surface area contributed by atoms with Gasteiger partial charge in [0.2, 0.25) is 0 Å². The second-order valence-electron chi connectivity index (χ2n) is 5.38. The number of piperidine rings is 1. The van der Waals surface area contributed by atoms with Gasteiger partial charge in [0.05, 0.1) is 0 Å². The van der Waals surface area contributed by atoms with E-state index in [1.54, 1.807) is 0 Å². The van der Waals surface area contributed by atoms with E-state index in [0.717, 1.165) is 12.5 Å². The number of aryl methyl sites for hydroxylation is 2. The van der Waals surface area contributed by atoms with Gasteiger partial charge < -0.3 is 10.2 Å². The summed E-state index contributed by atoms with van der Waals surface area (Å²) in [6, 6.07) is 6.71. The maximum Gasteiger partial charge on any atom is 0.0396 e. The number of anilines is 1. The average Bonchev–Trinajstić information content (AvgIpc) is 2.33. The quantitative estimate of drug-likeness (QED) is 0.862. The molecule has 0 aliphatic carbocycles. The first-order valence-corrected chi connectivity index (χ1v) is 6.66. The Labute approximate surface area is 105 Å². The highest BCUT2D eigenvalue weighted by molar-refractivity contribution is 5.54. The lowest BCUT2D eigenvalue weighted by molar-refractivity contribution is 0.381. The summed E-state index contributed by atoms with van der Waals surface area (Å²) >= 11 is 0. The predicted octanol–water partition coefficient (Wildman–Crippen LogP) is 2.74. The Balaban J connectivity index is 2.02. The molecule has 2 heteroatoms. The Bertz CT molecular complexity index is 367. The molecule has 1 aliphatic rings. The van der Waals surface area contributed by atoms with Crippen LogP contribution in [-0.4, -0.2) is 26.7 Å². The molecule has 1 aromatic rings. The molecule has 0 aromatic heterocycles. The van der Waals surface area contributed by atoms with Crippen molar-refractivity contribution in [2.75, 3.05) is 31.6 Å². The summed E-state index contributed by atoms with van der Waals surface area (Å²) in [5, 5.41) is 3.49. The molecule has 2 nitrogen and oxygen atoms in total. The molecule has 1 fully saturated rings. The minimum atomic E-state index is 0.800. The van der Waals surface area contributed by atoms with Crippen molar-refractivity contribution in [1.82, 2.24) is 5.32 Å². The molecule has 1 unspecified atom stereocenters. The van der Waals surface area contributed by atoms with Gasteiger partial charge in [0.15, 0.2) is 0 Å². The van der Waals surface area contributed by atoms with Gasteiger partial charge in [-0.2, -0.15) is 0 Å². The predicted molar refractivity (Wildman–Crippen MR) is 74.8 cm³/mol. The maximum absolute atomic E-state index is 3.49. The van der Waals surface area contributed by atoms with Crippen LogP contribution in [0.15, 0.2) is 18.2 Å². The first-order valence-electron chi connectivity index (χ1n) is 6.66. The summed E-state index contributed by atoms with van der Waals surface area (Å²) in [5.74, 6) is 0.800. The zero-order chi connectivity index (χ0) is 12.3. The molecule has 1 heterocycles. The highest BCUT2D eigenvalue weighted by Gasteiger charge is 2.16. The van der Waals surface area contributed by atoms with Crippen LogP contribution < -0.4 is 10.2 Å². The first kappa shape index (κ1) is 12.4. The van der Waals surface area contributed by atoms with E-state index < -0.39 is 0 Å². The molecule has 1 atom stereocenters. The number of benzene rings is 1. The van der Waals surface area contributed by atoms with Crippen LogP contribution in [0.5, 0.6) is 0 Å². The number of nitrogens with one attached hydrogen (secondary N) is 1. The molecule has 1 aromatic carbocycles. The number of rotatable bonds is 3. The van der Waals surface area contributed by atoms with Gasteiger partial charge in [-0.05, 0) is 62.9 Å². The molecule has 1 saturated heterocycles. The Morgan fingerprint density at radius 3 is 2.88 bits per heavy atom. The lowest BCUT2D eigenvalue weighted by atomic mass is 9.98. The lowest BCUT2D eigenvalue weighted by Crippen LogP contribution is -2.37. The second-order valence-corrected chi connectivity index (χ2v) is 5.38. The monoisotopic (exact) mass is 232 g/mol. The van der Waals surface area contributed by atoms with Crippen molar-refractivity contribution in [3.8, 4) is 0 Å². The number of nitrogens with zero attached hydrogens (tertiary/aromatic N) is 1. The van der Waals surface area contributed by atoms with E-state index in [1.807, 2.05) is 0 Å². The van der Waals surface area contributed by atoms with Crippen molar-refractivity contribution < 1.29 is 0 Å². The van der Waals surface area contributed by atoms with Gasteiger partial charge in [0.25, 0.3) is 0 Å². The molecule has 1 N–H and O–H groups in total. The van der Waals surface area contributed by atoms with Gasteiger partial charge in [0.1, 0.15) is 0 Å². The van der Waals surface area contributed by atoms with E-state index in [9.17, 15) is 0 Å². The van der Waals surface area contributed by atoms with Crippen LogP contribution in [0.4, 0.5) is 5.69 Å². The molecule has 94 valence electrons. The van der Waals surface area contributed by atoms with Gasteiger partial charge in [-0.25, -0.2) is 0 Å². The van der Waals surface area contributed by atoms with Gasteiger partial charge in [-0.1, -0.05) is 12.1 Å². The fraction of sp³-hybridized carbons (Fsp3) is 0.600.